The SMILES string of the molecule is O=C1CCN(c2ccc(-c3n[nH]c4c3C(=O)c3c(NC(=O)NN5CCOCC5)cccc3-4)cc2)CC1. The summed E-state index contributed by atoms with van der Waals surface area (Å²) >= 11 is 0. The summed E-state index contributed by atoms with van der Waals surface area (Å²) in [5, 5.41) is 12.1. The maximum absolute atomic E-state index is 13.6. The first kappa shape index (κ1) is 22.4. The number of aromatic nitrogens is 2. The first-order valence-corrected chi connectivity index (χ1v) is 12.1. The van der Waals surface area contributed by atoms with E-state index in [9.17, 15) is 14.4 Å². The van der Waals surface area contributed by atoms with Gasteiger partial charge >= 0.3 is 6.03 Å². The van der Waals surface area contributed by atoms with Crippen molar-refractivity contribution >= 4 is 29.0 Å². The smallest absolute Gasteiger partial charge is 0.333 e. The number of urea groups is 1. The van der Waals surface area contributed by atoms with Crippen molar-refractivity contribution in [1.82, 2.24) is 20.6 Å². The number of hydrazine groups is 1. The van der Waals surface area contributed by atoms with Crippen LogP contribution < -0.4 is 15.6 Å². The van der Waals surface area contributed by atoms with E-state index in [-0.39, 0.29) is 5.78 Å². The molecule has 0 unspecified atom stereocenters. The Hall–Kier alpha value is -4.02. The van der Waals surface area contributed by atoms with E-state index in [0.717, 1.165) is 24.3 Å². The predicted octanol–water partition coefficient (Wildman–Crippen LogP) is 2.83. The number of ether oxygens (including phenoxy) is 1. The molecule has 0 bridgehead atoms. The van der Waals surface area contributed by atoms with Crippen molar-refractivity contribution < 1.29 is 19.1 Å². The Labute approximate surface area is 207 Å². The molecule has 2 amide bonds. The number of Topliss-reactive ketones (excluding diaryl/α,β-unsaturated/α-hetero) is 1. The quantitative estimate of drug-likeness (QED) is 0.406. The Morgan fingerprint density at radius 1 is 0.944 bits per heavy atom. The minimum absolute atomic E-state index is 0.176. The van der Waals surface area contributed by atoms with Gasteiger partial charge in [0.2, 0.25) is 0 Å². The molecule has 2 saturated heterocycles. The number of hydrogen-bond acceptors (Lipinski definition) is 7. The van der Waals surface area contributed by atoms with E-state index in [2.05, 4.69) is 25.8 Å². The number of H-pyrrole nitrogens is 1. The lowest BCUT2D eigenvalue weighted by molar-refractivity contribution is -0.119. The fourth-order valence-electron chi connectivity index (χ4n) is 5.01. The molecule has 2 aliphatic heterocycles. The largest absolute Gasteiger partial charge is 0.379 e. The number of aromatic amines is 1. The van der Waals surface area contributed by atoms with Gasteiger partial charge in [0.1, 0.15) is 11.5 Å². The first-order chi connectivity index (χ1) is 17.6. The summed E-state index contributed by atoms with van der Waals surface area (Å²) in [5.41, 5.74) is 8.04. The Morgan fingerprint density at radius 2 is 1.69 bits per heavy atom. The van der Waals surface area contributed by atoms with Crippen LogP contribution in [0.15, 0.2) is 42.5 Å². The van der Waals surface area contributed by atoms with E-state index in [1.165, 1.54) is 0 Å². The van der Waals surface area contributed by atoms with Gasteiger partial charge in [0.15, 0.2) is 5.78 Å². The molecule has 3 N–H and O–H groups in total. The number of hydrogen-bond donors (Lipinski definition) is 3. The highest BCUT2D eigenvalue weighted by Gasteiger charge is 2.35. The second kappa shape index (κ2) is 9.21. The van der Waals surface area contributed by atoms with Crippen LogP contribution in [-0.2, 0) is 9.53 Å². The molecule has 0 atom stereocenters. The van der Waals surface area contributed by atoms with Crippen LogP contribution in [-0.4, -0.2) is 72.2 Å². The summed E-state index contributed by atoms with van der Waals surface area (Å²) in [6.07, 6.45) is 1.14. The maximum atomic E-state index is 13.6. The number of morpholine rings is 1. The number of carbonyl (C=O) groups is 3. The van der Waals surface area contributed by atoms with Crippen LogP contribution in [0, 0.1) is 0 Å². The van der Waals surface area contributed by atoms with Crippen molar-refractivity contribution in [1.29, 1.82) is 0 Å². The van der Waals surface area contributed by atoms with Gasteiger partial charge in [-0.1, -0.05) is 24.3 Å². The molecule has 3 heterocycles. The zero-order valence-electron chi connectivity index (χ0n) is 19.7. The minimum atomic E-state index is -0.401. The second-order valence-corrected chi connectivity index (χ2v) is 9.12. The minimum Gasteiger partial charge on any atom is -0.379 e. The highest BCUT2D eigenvalue weighted by atomic mass is 16.5. The lowest BCUT2D eigenvalue weighted by Gasteiger charge is -2.28. The molecule has 3 aromatic rings. The van der Waals surface area contributed by atoms with Crippen LogP contribution in [0.1, 0.15) is 28.8 Å². The number of fused-ring (bicyclic) bond motifs is 3. The number of carbonyl (C=O) groups excluding carboxylic acids is 3. The van der Waals surface area contributed by atoms with E-state index >= 15 is 0 Å². The molecule has 3 aliphatic rings. The monoisotopic (exact) mass is 486 g/mol. The third kappa shape index (κ3) is 4.04. The number of nitrogens with zero attached hydrogens (tertiary/aromatic N) is 3. The molecule has 1 aromatic heterocycles. The number of anilines is 2. The first-order valence-electron chi connectivity index (χ1n) is 12.1. The molecule has 36 heavy (non-hydrogen) atoms. The van der Waals surface area contributed by atoms with Crippen molar-refractivity contribution in [3.8, 4) is 22.5 Å². The zero-order chi connectivity index (χ0) is 24.6. The van der Waals surface area contributed by atoms with Crippen LogP contribution in [0.25, 0.3) is 22.5 Å². The zero-order valence-corrected chi connectivity index (χ0v) is 19.7. The molecular weight excluding hydrogens is 460 g/mol. The predicted molar refractivity (Wildman–Crippen MR) is 134 cm³/mol. The van der Waals surface area contributed by atoms with Gasteiger partial charge in [-0.25, -0.2) is 9.80 Å². The number of benzene rings is 2. The van der Waals surface area contributed by atoms with Crippen LogP contribution in [0.2, 0.25) is 0 Å². The number of nitrogens with one attached hydrogen (secondary N) is 3. The lowest BCUT2D eigenvalue weighted by atomic mass is 10.0. The Balaban J connectivity index is 1.23. The van der Waals surface area contributed by atoms with E-state index in [1.807, 2.05) is 36.4 Å². The molecule has 0 saturated carbocycles. The van der Waals surface area contributed by atoms with Gasteiger partial charge in [-0.3, -0.25) is 20.1 Å². The molecular formula is C26H26N6O4. The molecule has 6 rings (SSSR count). The molecule has 10 nitrogen and oxygen atoms in total. The highest BCUT2D eigenvalue weighted by molar-refractivity contribution is 6.26. The summed E-state index contributed by atoms with van der Waals surface area (Å²) in [5.74, 6) is 0.130. The van der Waals surface area contributed by atoms with Gasteiger partial charge < -0.3 is 15.0 Å². The molecule has 184 valence electrons. The Bertz CT molecular complexity index is 1330. The van der Waals surface area contributed by atoms with Gasteiger partial charge in [-0.15, -0.1) is 0 Å². The van der Waals surface area contributed by atoms with Crippen LogP contribution in [0.5, 0.6) is 0 Å². The average molecular weight is 487 g/mol. The number of piperidine rings is 1. The van der Waals surface area contributed by atoms with Crippen molar-refractivity contribution in [2.75, 3.05) is 49.6 Å². The van der Waals surface area contributed by atoms with E-state index in [0.29, 0.717) is 78.7 Å². The summed E-state index contributed by atoms with van der Waals surface area (Å²) in [6, 6.07) is 12.9. The summed E-state index contributed by atoms with van der Waals surface area (Å²) in [4.78, 5) is 39.9. The van der Waals surface area contributed by atoms with Gasteiger partial charge in [0.05, 0.1) is 35.7 Å². The Morgan fingerprint density at radius 3 is 2.44 bits per heavy atom. The summed E-state index contributed by atoms with van der Waals surface area (Å²) in [7, 11) is 0. The average Bonchev–Trinajstić information content (AvgIpc) is 3.45. The van der Waals surface area contributed by atoms with Gasteiger partial charge in [-0.05, 0) is 18.2 Å². The third-order valence-electron chi connectivity index (χ3n) is 6.90. The second-order valence-electron chi connectivity index (χ2n) is 9.12. The normalized spacial score (nSPS) is 17.6. The summed E-state index contributed by atoms with van der Waals surface area (Å²) < 4.78 is 5.31. The lowest BCUT2D eigenvalue weighted by Crippen LogP contribution is -2.49. The van der Waals surface area contributed by atoms with Crippen LogP contribution in [0.3, 0.4) is 0 Å². The van der Waals surface area contributed by atoms with Crippen LogP contribution >= 0.6 is 0 Å². The molecule has 2 aromatic carbocycles. The van der Waals surface area contributed by atoms with Crippen LogP contribution in [0.4, 0.5) is 16.2 Å². The van der Waals surface area contributed by atoms with E-state index < -0.39 is 6.03 Å². The number of ketones is 2. The van der Waals surface area contributed by atoms with Crippen molar-refractivity contribution in [2.45, 2.75) is 12.8 Å². The fraction of sp³-hybridized carbons (Fsp3) is 0.308. The van der Waals surface area contributed by atoms with Gasteiger partial charge in [0, 0.05) is 55.8 Å². The van der Waals surface area contributed by atoms with Gasteiger partial charge in [0.25, 0.3) is 0 Å². The maximum Gasteiger partial charge on any atom is 0.333 e. The molecule has 10 heteroatoms. The van der Waals surface area contributed by atoms with Gasteiger partial charge in [-0.2, -0.15) is 5.10 Å². The molecule has 0 spiro atoms. The molecule has 2 fully saturated rings. The summed E-state index contributed by atoms with van der Waals surface area (Å²) in [6.45, 7) is 3.77. The molecule has 0 radical (unpaired) electrons. The standard InChI is InChI=1S/C26H26N6O4/c33-18-8-10-31(11-9-18)17-6-4-16(5-7-17)23-22-24(29-28-23)19-2-1-3-20(21(19)25(22)34)27-26(35)30-32-12-14-36-15-13-32/h1-7H,8-15H2,(H,28,29)(H2,27,30,35). The number of rotatable bonds is 4. The topological polar surface area (TPSA) is 120 Å². The highest BCUT2D eigenvalue weighted by Crippen LogP contribution is 2.43. The fourth-order valence-corrected chi connectivity index (χ4v) is 5.01. The Kier molecular flexibility index (Phi) is 5.74. The number of amides is 2. The van der Waals surface area contributed by atoms with Crippen molar-refractivity contribution in [3.63, 3.8) is 0 Å². The van der Waals surface area contributed by atoms with Crippen molar-refractivity contribution in [3.05, 3.63) is 53.6 Å². The van der Waals surface area contributed by atoms with E-state index in [1.54, 1.807) is 11.1 Å². The van der Waals surface area contributed by atoms with Crippen molar-refractivity contribution in [2.24, 2.45) is 0 Å². The third-order valence-corrected chi connectivity index (χ3v) is 6.90. The van der Waals surface area contributed by atoms with E-state index in [4.69, 9.17) is 4.74 Å². The molecule has 1 aliphatic carbocycles.